The summed E-state index contributed by atoms with van der Waals surface area (Å²) in [7, 11) is 1.38. The van der Waals surface area contributed by atoms with Crippen LogP contribution in [-0.4, -0.2) is 96.4 Å². The number of hydrogen-bond donors (Lipinski definition) is 3. The molecule has 12 nitrogen and oxygen atoms in total. The molecule has 5 heterocycles. The number of nitrogens with zero attached hydrogens (tertiary/aromatic N) is 2. The lowest BCUT2D eigenvalue weighted by Gasteiger charge is -2.74. The molecule has 4 aliphatic heterocycles. The number of rotatable bonds is 8. The van der Waals surface area contributed by atoms with Crippen molar-refractivity contribution in [3.8, 4) is 17.2 Å². The number of methoxy groups -OCH3 is 1. The van der Waals surface area contributed by atoms with Crippen molar-refractivity contribution in [3.63, 3.8) is 0 Å². The maximum atomic E-state index is 14.1. The first-order valence-corrected chi connectivity index (χ1v) is 16.1. The van der Waals surface area contributed by atoms with Gasteiger partial charge in [-0.25, -0.2) is 4.98 Å². The Kier molecular flexibility index (Phi) is 7.09. The smallest absolute Gasteiger partial charge is 0.496 e. The fourth-order valence-corrected chi connectivity index (χ4v) is 8.42. The second-order valence-corrected chi connectivity index (χ2v) is 14.0. The number of pyridine rings is 1. The molecule has 8 aliphatic rings. The fourth-order valence-electron chi connectivity index (χ4n) is 8.42. The zero-order valence-corrected chi connectivity index (χ0v) is 26.4. The number of ether oxygens (including phenoxy) is 5. The predicted molar refractivity (Wildman–Crippen MR) is 160 cm³/mol. The Hall–Kier alpha value is -3.96. The van der Waals surface area contributed by atoms with Gasteiger partial charge in [0, 0.05) is 36.4 Å². The summed E-state index contributed by atoms with van der Waals surface area (Å²) in [6.45, 7) is 2.71. The Morgan fingerprint density at radius 3 is 2.24 bits per heavy atom. The Bertz CT molecular complexity index is 1670. The lowest BCUT2D eigenvalue weighted by molar-refractivity contribution is -0.317. The van der Waals surface area contributed by atoms with E-state index in [4.69, 9.17) is 14.2 Å². The van der Waals surface area contributed by atoms with Gasteiger partial charge in [0.05, 0.1) is 43.7 Å². The highest BCUT2D eigenvalue weighted by Gasteiger charge is 2.70. The predicted octanol–water partition coefficient (Wildman–Crippen LogP) is 4.46. The van der Waals surface area contributed by atoms with Crippen LogP contribution >= 0.6 is 0 Å². The van der Waals surface area contributed by atoms with Gasteiger partial charge in [-0.2, -0.15) is 13.2 Å². The number of aromatic nitrogens is 1. The Balaban J connectivity index is 1.05. The van der Waals surface area contributed by atoms with E-state index in [-0.39, 0.29) is 71.7 Å². The van der Waals surface area contributed by atoms with Crippen LogP contribution in [0.2, 0.25) is 0 Å². The van der Waals surface area contributed by atoms with Gasteiger partial charge in [0.25, 0.3) is 11.8 Å². The van der Waals surface area contributed by atoms with E-state index in [1.165, 1.54) is 19.4 Å². The van der Waals surface area contributed by atoms with Crippen LogP contribution in [0.25, 0.3) is 0 Å². The van der Waals surface area contributed by atoms with Gasteiger partial charge in [-0.05, 0) is 57.1 Å². The van der Waals surface area contributed by atoms with E-state index in [0.717, 1.165) is 44.5 Å². The first-order valence-electron chi connectivity index (χ1n) is 16.1. The van der Waals surface area contributed by atoms with Crippen LogP contribution in [0.3, 0.4) is 0 Å². The zero-order chi connectivity index (χ0) is 34.5. The molecule has 10 rings (SSSR count). The van der Waals surface area contributed by atoms with Crippen molar-refractivity contribution < 1.29 is 55.2 Å². The van der Waals surface area contributed by atoms with E-state index in [0.29, 0.717) is 13.2 Å². The molecule has 49 heavy (non-hydrogen) atoms. The molecule has 0 spiro atoms. The van der Waals surface area contributed by atoms with Crippen molar-refractivity contribution in [2.75, 3.05) is 50.7 Å². The molecule has 4 saturated carbocycles. The quantitative estimate of drug-likeness (QED) is 0.341. The molecule has 264 valence electrons. The van der Waals surface area contributed by atoms with Crippen LogP contribution in [-0.2, 0) is 9.47 Å². The van der Waals surface area contributed by atoms with Crippen molar-refractivity contribution in [1.29, 1.82) is 0 Å². The average Bonchev–Trinajstić information content (AvgIpc) is 3.34. The summed E-state index contributed by atoms with van der Waals surface area (Å²) in [4.78, 5) is 34.7. The summed E-state index contributed by atoms with van der Waals surface area (Å²) in [5.74, 6) is -2.05. The van der Waals surface area contributed by atoms with E-state index in [1.807, 2.05) is 0 Å². The summed E-state index contributed by atoms with van der Waals surface area (Å²) in [5.41, 5.74) is -4.02. The van der Waals surface area contributed by atoms with Gasteiger partial charge in [-0.1, -0.05) is 0 Å². The fraction of sp³-hybridized carbons (Fsp3) is 0.594. The van der Waals surface area contributed by atoms with Crippen molar-refractivity contribution in [3.05, 3.63) is 35.5 Å². The van der Waals surface area contributed by atoms with Gasteiger partial charge in [0.2, 0.25) is 0 Å². The first-order chi connectivity index (χ1) is 23.2. The minimum atomic E-state index is -4.56. The van der Waals surface area contributed by atoms with Crippen molar-refractivity contribution in [2.45, 2.75) is 79.6 Å². The number of alkyl halides is 5. The number of benzene rings is 1. The monoisotopic (exact) mass is 695 g/mol. The highest BCUT2D eigenvalue weighted by Crippen LogP contribution is 2.65. The molecular weight excluding hydrogens is 661 g/mol. The largest absolute Gasteiger partial charge is 0.586 e. The summed E-state index contributed by atoms with van der Waals surface area (Å²) >= 11 is 0. The third-order valence-corrected chi connectivity index (χ3v) is 11.0. The Morgan fingerprint density at radius 1 is 0.959 bits per heavy atom. The topological polar surface area (TPSA) is 133 Å². The lowest BCUT2D eigenvalue weighted by Crippen LogP contribution is -2.82. The van der Waals surface area contributed by atoms with Gasteiger partial charge < -0.3 is 39.6 Å². The normalized spacial score (nSPS) is 32.4. The molecule has 3 N–H and O–H groups in total. The third-order valence-electron chi connectivity index (χ3n) is 11.0. The number of morpholine rings is 1. The standard InChI is InChI=1S/C32H34F5N5O7/c1-45-20-2-7-38-24(40-28-14-29(15-28,16-28)42-8-10-46-11-9-42)23(20)26(44)39-19-13-22-21(48-32(36,37)49-22)12-18(19)25(43)41-27-3-5-30(6-4-27,47-17-27)31(33,34)35/h2,7,12-13H,3-6,8-11,14-17H2,1H3,(H,38,40)(H,39,44)(H,41,43). The van der Waals surface area contributed by atoms with Gasteiger partial charge >= 0.3 is 12.5 Å². The number of anilines is 2. The van der Waals surface area contributed by atoms with E-state index in [2.05, 4.69) is 35.3 Å². The minimum Gasteiger partial charge on any atom is -0.496 e. The highest BCUT2D eigenvalue weighted by atomic mass is 19.4. The Labute approximate surface area is 276 Å². The number of fused-ring (bicyclic) bond motifs is 4. The van der Waals surface area contributed by atoms with Crippen LogP contribution in [0.1, 0.15) is 65.7 Å². The zero-order valence-electron chi connectivity index (χ0n) is 26.4. The van der Waals surface area contributed by atoms with Crippen LogP contribution in [0, 0.1) is 0 Å². The number of halogens is 5. The average molecular weight is 696 g/mol. The number of amides is 2. The summed E-state index contributed by atoms with van der Waals surface area (Å²) in [6, 6.07) is 3.53. The number of carbonyl (C=O) groups is 2. The molecule has 4 bridgehead atoms. The third kappa shape index (κ3) is 5.23. The molecule has 0 radical (unpaired) electrons. The van der Waals surface area contributed by atoms with Crippen molar-refractivity contribution >= 4 is 23.3 Å². The SMILES string of the molecule is COc1ccnc(NC23CC(N4CCOCC4)(C2)C3)c1C(=O)Nc1cc2c(cc1C(=O)NC13CCC(C(F)(F)F)(CC1)OC3)OC(F)(F)O2. The van der Waals surface area contributed by atoms with Gasteiger partial charge in [-0.15, -0.1) is 8.78 Å². The van der Waals surface area contributed by atoms with Gasteiger partial charge in [0.15, 0.2) is 17.1 Å². The molecule has 3 saturated heterocycles. The summed E-state index contributed by atoms with van der Waals surface area (Å²) < 4.78 is 94.7. The molecule has 2 aromatic rings. The molecule has 0 atom stereocenters. The van der Waals surface area contributed by atoms with Gasteiger partial charge in [0.1, 0.15) is 17.1 Å². The van der Waals surface area contributed by atoms with Crippen LogP contribution < -0.4 is 30.2 Å². The molecule has 1 aromatic heterocycles. The van der Waals surface area contributed by atoms with Gasteiger partial charge in [-0.3, -0.25) is 14.5 Å². The lowest BCUT2D eigenvalue weighted by atomic mass is 9.43. The molecule has 7 fully saturated rings. The van der Waals surface area contributed by atoms with Crippen molar-refractivity contribution in [1.82, 2.24) is 15.2 Å². The number of nitrogens with one attached hydrogen (secondary N) is 3. The summed E-state index contributed by atoms with van der Waals surface area (Å²) in [5, 5.41) is 8.84. The molecular formula is C32H34F5N5O7. The van der Waals surface area contributed by atoms with Crippen LogP contribution in [0.15, 0.2) is 24.4 Å². The Morgan fingerprint density at radius 2 is 1.63 bits per heavy atom. The second kappa shape index (κ2) is 10.8. The second-order valence-electron chi connectivity index (χ2n) is 14.0. The molecule has 4 aliphatic carbocycles. The van der Waals surface area contributed by atoms with Crippen LogP contribution in [0.5, 0.6) is 17.2 Å². The molecule has 2 amide bonds. The molecule has 17 heteroatoms. The van der Waals surface area contributed by atoms with Crippen molar-refractivity contribution in [2.24, 2.45) is 0 Å². The van der Waals surface area contributed by atoms with E-state index in [1.54, 1.807) is 0 Å². The number of carbonyl (C=O) groups excluding carboxylic acids is 2. The highest BCUT2D eigenvalue weighted by molar-refractivity contribution is 6.13. The molecule has 0 unspecified atom stereocenters. The minimum absolute atomic E-state index is 0.0148. The maximum Gasteiger partial charge on any atom is 0.586 e. The molecule has 1 aromatic carbocycles. The number of hydrogen-bond acceptors (Lipinski definition) is 10. The first kappa shape index (κ1) is 32.3. The van der Waals surface area contributed by atoms with E-state index < -0.39 is 46.9 Å². The van der Waals surface area contributed by atoms with E-state index >= 15 is 0 Å². The van der Waals surface area contributed by atoms with E-state index in [9.17, 15) is 31.5 Å². The maximum absolute atomic E-state index is 14.1. The van der Waals surface area contributed by atoms with Crippen LogP contribution in [0.4, 0.5) is 33.5 Å². The summed E-state index contributed by atoms with van der Waals surface area (Å²) in [6.07, 6.45) is -5.25.